The summed E-state index contributed by atoms with van der Waals surface area (Å²) >= 11 is 0.869. The molecule has 1 aromatic heterocycles. The fourth-order valence-electron chi connectivity index (χ4n) is 2.22. The van der Waals surface area contributed by atoms with Crippen LogP contribution in [0.25, 0.3) is 0 Å². The molecule has 0 aliphatic carbocycles. The molecule has 1 atom stereocenters. The van der Waals surface area contributed by atoms with Crippen LogP contribution in [-0.2, 0) is 17.6 Å². The summed E-state index contributed by atoms with van der Waals surface area (Å²) in [5.41, 5.74) is 4.73. The van der Waals surface area contributed by atoms with E-state index >= 15 is 0 Å². The fraction of sp³-hybridized carbons (Fsp3) is 0.273. The van der Waals surface area contributed by atoms with Gasteiger partial charge in [-0.2, -0.15) is 0 Å². The molecule has 4 N–H and O–H groups in total. The third-order valence-electron chi connectivity index (χ3n) is 3.52. The van der Waals surface area contributed by atoms with Gasteiger partial charge >= 0.3 is 0 Å². The number of nitrogens with two attached hydrogens (primary N) is 1. The number of rotatable bonds is 9. The monoisotopic (exact) mass is 405 g/mol. The topological polar surface area (TPSA) is 88.2 Å². The molecule has 2 aromatic carbocycles. The molecule has 0 spiro atoms. The Bertz CT molecular complexity index is 1320. The minimum Gasteiger partial charge on any atom is -0.388 e. The summed E-state index contributed by atoms with van der Waals surface area (Å²) in [5.74, 6) is -0.753. The van der Waals surface area contributed by atoms with Crippen LogP contribution in [-0.4, -0.2) is 16.0 Å². The Labute approximate surface area is 183 Å². The summed E-state index contributed by atoms with van der Waals surface area (Å²) in [4.78, 5) is 16.3. The van der Waals surface area contributed by atoms with Crippen molar-refractivity contribution in [1.82, 2.24) is 4.98 Å². The van der Waals surface area contributed by atoms with E-state index in [2.05, 4.69) is 10.3 Å². The van der Waals surface area contributed by atoms with Gasteiger partial charge in [-0.05, 0) is 42.4 Å². The van der Waals surface area contributed by atoms with Gasteiger partial charge in [-0.1, -0.05) is 48.8 Å². The van der Waals surface area contributed by atoms with Crippen molar-refractivity contribution in [3.63, 3.8) is 0 Å². The summed E-state index contributed by atoms with van der Waals surface area (Å²) in [6, 6.07) is 4.75. The van der Waals surface area contributed by atoms with Gasteiger partial charge in [0.05, 0.1) is 26.4 Å². The Morgan fingerprint density at radius 2 is 2.07 bits per heavy atom. The van der Waals surface area contributed by atoms with Crippen molar-refractivity contribution in [3.05, 3.63) is 76.7 Å². The number of amides is 1. The van der Waals surface area contributed by atoms with E-state index in [1.807, 2.05) is 0 Å². The van der Waals surface area contributed by atoms with Crippen molar-refractivity contribution in [3.8, 4) is 0 Å². The summed E-state index contributed by atoms with van der Waals surface area (Å²) < 4.78 is 82.2. The van der Waals surface area contributed by atoms with E-state index < -0.39 is 67.4 Å². The average Bonchev–Trinajstić information content (AvgIpc) is 3.14. The van der Waals surface area contributed by atoms with E-state index in [0.717, 1.165) is 11.3 Å². The molecule has 3 aromatic rings. The smallest absolute Gasteiger partial charge is 0.230 e. The molecule has 1 heterocycles. The summed E-state index contributed by atoms with van der Waals surface area (Å²) in [5, 5.41) is 13.0. The van der Waals surface area contributed by atoms with Crippen LogP contribution in [0.3, 0.4) is 0 Å². The maximum absolute atomic E-state index is 12.4. The van der Waals surface area contributed by atoms with Crippen molar-refractivity contribution in [2.24, 2.45) is 0 Å². The van der Waals surface area contributed by atoms with Crippen molar-refractivity contribution in [2.45, 2.75) is 38.1 Å². The second-order valence-corrected chi connectivity index (χ2v) is 6.50. The van der Waals surface area contributed by atoms with Gasteiger partial charge in [-0.25, -0.2) is 4.98 Å². The number of nitrogens with one attached hydrogen (secondary N) is 1. The largest absolute Gasteiger partial charge is 0.388 e. The Hall–Kier alpha value is -2.70. The molecule has 0 radical (unpaired) electrons. The zero-order valence-corrected chi connectivity index (χ0v) is 15.6. The predicted octanol–water partition coefficient (Wildman–Crippen LogP) is 4.35. The molecule has 3 rings (SSSR count). The molecule has 0 unspecified atom stereocenters. The Kier molecular flexibility index (Phi) is 3.84. The molecule has 0 fully saturated rings. The van der Waals surface area contributed by atoms with Crippen molar-refractivity contribution in [2.75, 3.05) is 11.1 Å². The average molecular weight is 406 g/mol. The minimum absolute atomic E-state index is 0.0264. The lowest BCUT2D eigenvalue weighted by Crippen LogP contribution is -2.14. The van der Waals surface area contributed by atoms with E-state index in [1.54, 1.807) is 6.07 Å². The van der Waals surface area contributed by atoms with Gasteiger partial charge in [0.1, 0.15) is 0 Å². The first-order valence-corrected chi connectivity index (χ1v) is 9.17. The highest BCUT2D eigenvalue weighted by atomic mass is 32.1. The first-order chi connectivity index (χ1) is 17.5. The number of anilines is 2. The molecule has 6 heteroatoms. The molecule has 28 heavy (non-hydrogen) atoms. The number of benzene rings is 2. The standard InChI is InChI=1S/C22H25N3O2S/c23-22-25-19(15-28-22)14-21(27)24-18-12-10-16(11-13-18)6-4-5-9-20(26)17-7-2-1-3-8-17/h1-3,7-8,10-13,15,20,26H,4-6,9,14H2,(H2,23,25)(H,24,27)/t20-/m0/s1/i4D2,9D2,10D,11D,12D,13D,15D,20D. The summed E-state index contributed by atoms with van der Waals surface area (Å²) in [6.45, 7) is 0. The molecule has 0 saturated heterocycles. The zero-order valence-electron chi connectivity index (χ0n) is 24.8. The number of nitrogen functional groups attached to an aromatic ring is 1. The molecular formula is C22H25N3O2S. The van der Waals surface area contributed by atoms with Gasteiger partial charge in [0.25, 0.3) is 0 Å². The Morgan fingerprint density at radius 3 is 2.75 bits per heavy atom. The number of carbonyl (C=O) groups is 1. The molecule has 0 aliphatic heterocycles. The van der Waals surface area contributed by atoms with Crippen LogP contribution in [0.5, 0.6) is 0 Å². The van der Waals surface area contributed by atoms with Crippen LogP contribution >= 0.6 is 11.3 Å². The maximum atomic E-state index is 12.4. The summed E-state index contributed by atoms with van der Waals surface area (Å²) in [6.07, 6.45) is -10.2. The quantitative estimate of drug-likeness (QED) is 0.494. The lowest BCUT2D eigenvalue weighted by atomic mass is 10.0. The second kappa shape index (κ2) is 10.0. The number of aromatic nitrogens is 1. The van der Waals surface area contributed by atoms with Crippen molar-refractivity contribution in [1.29, 1.82) is 0 Å². The third-order valence-corrected chi connectivity index (χ3v) is 4.16. The van der Waals surface area contributed by atoms with Crippen molar-refractivity contribution >= 4 is 28.1 Å². The van der Waals surface area contributed by atoms with Gasteiger partial charge in [-0.15, -0.1) is 11.3 Å². The molecule has 0 aliphatic rings. The fourth-order valence-corrected chi connectivity index (χ4v) is 2.72. The highest BCUT2D eigenvalue weighted by Crippen LogP contribution is 2.20. The zero-order chi connectivity index (χ0) is 28.6. The van der Waals surface area contributed by atoms with Crippen molar-refractivity contribution < 1.29 is 23.6 Å². The van der Waals surface area contributed by atoms with Gasteiger partial charge < -0.3 is 16.2 Å². The summed E-state index contributed by atoms with van der Waals surface area (Å²) in [7, 11) is 0. The number of thiazole rings is 1. The van der Waals surface area contributed by atoms with Crippen LogP contribution in [0.4, 0.5) is 10.8 Å². The first kappa shape index (κ1) is 10.7. The molecule has 0 bridgehead atoms. The lowest BCUT2D eigenvalue weighted by Gasteiger charge is -2.10. The molecule has 1 amide bonds. The van der Waals surface area contributed by atoms with Crippen LogP contribution in [0.1, 0.15) is 55.8 Å². The maximum Gasteiger partial charge on any atom is 0.230 e. The molecule has 0 saturated carbocycles. The van der Waals surface area contributed by atoms with E-state index in [4.69, 9.17) is 19.4 Å². The molecule has 146 valence electrons. The number of hydrogen-bond acceptors (Lipinski definition) is 5. The normalized spacial score (nSPS) is 19.2. The van der Waals surface area contributed by atoms with E-state index in [1.165, 1.54) is 24.3 Å². The van der Waals surface area contributed by atoms with E-state index in [9.17, 15) is 9.90 Å². The third kappa shape index (κ3) is 6.18. The van der Waals surface area contributed by atoms with E-state index in [0.29, 0.717) is 0 Å². The second-order valence-electron chi connectivity index (χ2n) is 5.67. The Balaban J connectivity index is 1.85. The Morgan fingerprint density at radius 1 is 1.32 bits per heavy atom. The van der Waals surface area contributed by atoms with Crippen LogP contribution in [0.15, 0.2) is 59.9 Å². The van der Waals surface area contributed by atoms with Crippen LogP contribution in [0, 0.1) is 0 Å². The number of carbonyl (C=O) groups excluding carboxylic acids is 1. The number of aliphatic hydroxyl groups is 1. The predicted molar refractivity (Wildman–Crippen MR) is 114 cm³/mol. The SMILES string of the molecule is [2H]c1sc(N)nc1CC(=O)Nc1c([2H])c([2H])c(CC([2H])([2H])CC([2H])([2H])[C@]([2H])(O)c2ccccc2)c([2H])c1[2H]. The van der Waals surface area contributed by atoms with E-state index in [-0.39, 0.29) is 33.7 Å². The molecule has 5 nitrogen and oxygen atoms in total. The van der Waals surface area contributed by atoms with Gasteiger partial charge in [-0.3, -0.25) is 4.79 Å². The molecular weight excluding hydrogens is 370 g/mol. The van der Waals surface area contributed by atoms with Crippen LogP contribution in [0.2, 0.25) is 0 Å². The number of nitrogens with zero attached hydrogens (tertiary/aromatic N) is 1. The minimum atomic E-state index is -2.80. The lowest BCUT2D eigenvalue weighted by molar-refractivity contribution is -0.115. The van der Waals surface area contributed by atoms with Gasteiger partial charge in [0, 0.05) is 16.5 Å². The van der Waals surface area contributed by atoms with Gasteiger partial charge in [0.2, 0.25) is 5.91 Å². The highest BCUT2D eigenvalue weighted by Gasteiger charge is 2.08. The number of hydrogen-bond donors (Lipinski definition) is 3. The highest BCUT2D eigenvalue weighted by molar-refractivity contribution is 7.13. The van der Waals surface area contributed by atoms with Crippen LogP contribution < -0.4 is 11.1 Å². The first-order valence-electron chi connectivity index (χ1n) is 13.4. The van der Waals surface area contributed by atoms with Gasteiger partial charge in [0.15, 0.2) is 5.13 Å².